The van der Waals surface area contributed by atoms with Crippen LogP contribution in [-0.4, -0.2) is 88.0 Å². The van der Waals surface area contributed by atoms with Gasteiger partial charge in [-0.2, -0.15) is 9.35 Å². The van der Waals surface area contributed by atoms with Gasteiger partial charge in [-0.25, -0.2) is 14.2 Å². The van der Waals surface area contributed by atoms with Crippen LogP contribution in [-0.2, 0) is 19.9 Å². The fraction of sp³-hybridized carbons (Fsp3) is 0.516. The highest BCUT2D eigenvalue weighted by molar-refractivity contribution is 7.92. The van der Waals surface area contributed by atoms with Crippen LogP contribution >= 0.6 is 0 Å². The number of rotatable bonds is 5. The van der Waals surface area contributed by atoms with E-state index in [9.17, 15) is 4.21 Å². The first-order chi connectivity index (χ1) is 19.9. The predicted molar refractivity (Wildman–Crippen MR) is 170 cm³/mol. The maximum atomic E-state index is 12.4. The molecule has 0 unspecified atom stereocenters. The number of hydrogen-bond donors (Lipinski definition) is 1. The first kappa shape index (κ1) is 28.8. The predicted octanol–water partition coefficient (Wildman–Crippen LogP) is 5.09. The van der Waals surface area contributed by atoms with Crippen LogP contribution in [0.4, 0.5) is 34.8 Å². The van der Waals surface area contributed by atoms with Crippen molar-refractivity contribution in [3.05, 3.63) is 54.2 Å². The summed E-state index contributed by atoms with van der Waals surface area (Å²) < 4.78 is 23.1. The van der Waals surface area contributed by atoms with Crippen molar-refractivity contribution in [2.24, 2.45) is 4.36 Å². The van der Waals surface area contributed by atoms with Gasteiger partial charge in [-0.05, 0) is 76.7 Å². The Morgan fingerprint density at radius 3 is 2.57 bits per heavy atom. The molecule has 3 aliphatic heterocycles. The smallest absolute Gasteiger partial charge is 0.229 e. The van der Waals surface area contributed by atoms with Gasteiger partial charge in [0, 0.05) is 70.4 Å². The Morgan fingerprint density at radius 1 is 1.02 bits per heavy atom. The standard InChI is InChI=1S/C31H42N8O2S/c1-30(2)19-25-31(3,21-41-30)24-20-32-29(33-22-11-13-23(14-12-22)38-16-8-15-37(4)17-18-38)35-28(24)39(25)27-10-7-9-26(34-27)36-42(5,6)40/h7,9-14,20,25H,8,15-19,21H2,1-6H3,(H,32,33,35)/t25-,31-/m1/s1. The second-order valence-electron chi connectivity index (χ2n) is 12.9. The molecule has 0 saturated carbocycles. The summed E-state index contributed by atoms with van der Waals surface area (Å²) in [4.78, 5) is 21.7. The molecule has 0 aliphatic carbocycles. The molecule has 5 heterocycles. The van der Waals surface area contributed by atoms with Crippen molar-refractivity contribution in [1.82, 2.24) is 19.9 Å². The fourth-order valence-electron chi connectivity index (χ4n) is 6.27. The molecule has 0 radical (unpaired) electrons. The monoisotopic (exact) mass is 590 g/mol. The minimum Gasteiger partial charge on any atom is -0.374 e. The minimum atomic E-state index is -2.35. The summed E-state index contributed by atoms with van der Waals surface area (Å²) in [6.45, 7) is 11.3. The molecular formula is C31H42N8O2S. The van der Waals surface area contributed by atoms with Gasteiger partial charge in [0.05, 0.1) is 18.2 Å². The number of likely N-dealkylation sites (N-methyl/N-ethyl adjacent to an activating group) is 1. The Balaban J connectivity index is 1.33. The molecule has 2 atom stereocenters. The highest BCUT2D eigenvalue weighted by atomic mass is 32.2. The molecule has 3 aliphatic rings. The number of benzene rings is 1. The third kappa shape index (κ3) is 5.82. The molecule has 1 aromatic carbocycles. The van der Waals surface area contributed by atoms with Crippen LogP contribution in [0.5, 0.6) is 0 Å². The molecule has 0 bridgehead atoms. The molecule has 11 heteroatoms. The zero-order valence-corrected chi connectivity index (χ0v) is 26.3. The summed E-state index contributed by atoms with van der Waals surface area (Å²) in [7, 11) is -0.167. The molecule has 2 saturated heterocycles. The summed E-state index contributed by atoms with van der Waals surface area (Å²) in [5.41, 5.74) is 2.59. The summed E-state index contributed by atoms with van der Waals surface area (Å²) in [5, 5.41) is 3.42. The number of anilines is 5. The van der Waals surface area contributed by atoms with Crippen LogP contribution in [0, 0.1) is 0 Å². The van der Waals surface area contributed by atoms with Gasteiger partial charge in [-0.15, -0.1) is 0 Å². The molecular weight excluding hydrogens is 548 g/mol. The largest absolute Gasteiger partial charge is 0.374 e. The lowest BCUT2D eigenvalue weighted by Crippen LogP contribution is -2.54. The topological polar surface area (TPSA) is 99.1 Å². The molecule has 0 amide bonds. The van der Waals surface area contributed by atoms with Crippen LogP contribution in [0.2, 0.25) is 0 Å². The SMILES string of the molecule is CN1CCCN(c2ccc(Nc3ncc4c(n3)N(c3cccc(N=S(C)(C)=O)n3)[C@@H]3CC(C)(C)OC[C@]43C)cc2)CC1. The average molecular weight is 591 g/mol. The molecule has 224 valence electrons. The van der Waals surface area contributed by atoms with Crippen LogP contribution in [0.25, 0.3) is 0 Å². The van der Waals surface area contributed by atoms with E-state index in [2.05, 4.69) is 76.5 Å². The molecule has 3 aromatic rings. The lowest BCUT2D eigenvalue weighted by molar-refractivity contribution is -0.0893. The zero-order valence-electron chi connectivity index (χ0n) is 25.5. The third-order valence-electron chi connectivity index (χ3n) is 8.59. The van der Waals surface area contributed by atoms with E-state index < -0.39 is 9.73 Å². The molecule has 2 fully saturated rings. The molecule has 6 rings (SSSR count). The highest BCUT2D eigenvalue weighted by Crippen LogP contribution is 2.53. The second-order valence-corrected chi connectivity index (χ2v) is 15.5. The van der Waals surface area contributed by atoms with Crippen molar-refractivity contribution < 1.29 is 8.95 Å². The van der Waals surface area contributed by atoms with E-state index in [0.29, 0.717) is 18.4 Å². The lowest BCUT2D eigenvalue weighted by atomic mass is 9.73. The number of nitrogens with one attached hydrogen (secondary N) is 1. The van der Waals surface area contributed by atoms with Crippen molar-refractivity contribution >= 4 is 44.5 Å². The number of ether oxygens (including phenoxy) is 1. The number of aromatic nitrogens is 3. The van der Waals surface area contributed by atoms with Gasteiger partial charge in [-0.3, -0.25) is 0 Å². The maximum Gasteiger partial charge on any atom is 0.229 e. The molecule has 0 spiro atoms. The number of hydrogen-bond acceptors (Lipinski definition) is 10. The van der Waals surface area contributed by atoms with Crippen molar-refractivity contribution in [2.45, 2.75) is 50.7 Å². The number of nitrogens with zero attached hydrogens (tertiary/aromatic N) is 7. The Morgan fingerprint density at radius 2 is 1.81 bits per heavy atom. The number of pyridine rings is 1. The van der Waals surface area contributed by atoms with Crippen molar-refractivity contribution in [3.63, 3.8) is 0 Å². The molecule has 42 heavy (non-hydrogen) atoms. The van der Waals surface area contributed by atoms with E-state index in [-0.39, 0.29) is 17.1 Å². The van der Waals surface area contributed by atoms with E-state index in [1.54, 1.807) is 18.6 Å². The van der Waals surface area contributed by atoms with Crippen LogP contribution in [0.1, 0.15) is 39.2 Å². The highest BCUT2D eigenvalue weighted by Gasteiger charge is 2.55. The van der Waals surface area contributed by atoms with E-state index >= 15 is 0 Å². The van der Waals surface area contributed by atoms with Gasteiger partial charge in [0.1, 0.15) is 11.6 Å². The van der Waals surface area contributed by atoms with E-state index in [1.807, 2.05) is 18.3 Å². The van der Waals surface area contributed by atoms with E-state index in [1.165, 1.54) is 12.1 Å². The van der Waals surface area contributed by atoms with Gasteiger partial charge in [-0.1, -0.05) is 13.0 Å². The van der Waals surface area contributed by atoms with E-state index in [4.69, 9.17) is 19.7 Å². The van der Waals surface area contributed by atoms with Gasteiger partial charge >= 0.3 is 0 Å². The van der Waals surface area contributed by atoms with Crippen LogP contribution in [0.3, 0.4) is 0 Å². The Labute approximate surface area is 249 Å². The van der Waals surface area contributed by atoms with Crippen molar-refractivity contribution in [2.75, 3.05) is 67.5 Å². The third-order valence-corrected chi connectivity index (χ3v) is 9.22. The summed E-state index contributed by atoms with van der Waals surface area (Å²) in [6.07, 6.45) is 7.13. The van der Waals surface area contributed by atoms with Crippen LogP contribution in [0.15, 0.2) is 53.0 Å². The fourth-order valence-corrected chi connectivity index (χ4v) is 6.82. The average Bonchev–Trinajstić information content (AvgIpc) is 3.02. The molecule has 10 nitrogen and oxygen atoms in total. The molecule has 2 aromatic heterocycles. The Hall–Kier alpha value is -3.28. The quantitative estimate of drug-likeness (QED) is 0.435. The number of fused-ring (bicyclic) bond motifs is 3. The first-order valence-electron chi connectivity index (χ1n) is 14.7. The van der Waals surface area contributed by atoms with Crippen molar-refractivity contribution in [1.29, 1.82) is 0 Å². The summed E-state index contributed by atoms with van der Waals surface area (Å²) >= 11 is 0. The Bertz CT molecular complexity index is 1580. The van der Waals surface area contributed by atoms with Gasteiger partial charge in [0.2, 0.25) is 5.95 Å². The molecule has 1 N–H and O–H groups in total. The van der Waals surface area contributed by atoms with Gasteiger partial charge in [0.25, 0.3) is 0 Å². The minimum absolute atomic E-state index is 0.0584. The maximum absolute atomic E-state index is 12.4. The normalized spacial score (nSPS) is 24.1. The van der Waals surface area contributed by atoms with Crippen molar-refractivity contribution in [3.8, 4) is 0 Å². The van der Waals surface area contributed by atoms with Gasteiger partial charge < -0.3 is 24.8 Å². The van der Waals surface area contributed by atoms with Gasteiger partial charge in [0.15, 0.2) is 5.82 Å². The summed E-state index contributed by atoms with van der Waals surface area (Å²) in [6, 6.07) is 14.3. The second kappa shape index (κ2) is 10.8. The van der Waals surface area contributed by atoms with E-state index in [0.717, 1.165) is 55.5 Å². The first-order valence-corrected chi connectivity index (χ1v) is 17.0. The van der Waals surface area contributed by atoms with Crippen LogP contribution < -0.4 is 15.1 Å². The summed E-state index contributed by atoms with van der Waals surface area (Å²) in [5.74, 6) is 2.51. The lowest BCUT2D eigenvalue weighted by Gasteiger charge is -2.46. The Kier molecular flexibility index (Phi) is 7.39. The zero-order chi connectivity index (χ0) is 29.7.